The maximum Gasteiger partial charge on any atom is 0.235 e. The minimum atomic E-state index is -0.0764. The quantitative estimate of drug-likeness (QED) is 0.472. The maximum atomic E-state index is 10.2. The molecular weight excluding hydrogens is 234 g/mol. The van der Waals surface area contributed by atoms with E-state index in [0.717, 1.165) is 0 Å². The van der Waals surface area contributed by atoms with Gasteiger partial charge in [-0.05, 0) is 12.1 Å². The summed E-state index contributed by atoms with van der Waals surface area (Å²) in [4.78, 5) is 10.2. The molecule has 1 aliphatic heterocycles. The minimum Gasteiger partial charge on any atom is -0.504 e. The number of carbonyl (C=O) groups excluding carboxylic acids is 1. The fraction of sp³-hybridized carbons (Fsp3) is 0.111. The normalized spacial score (nSPS) is 14.1. The first kappa shape index (κ1) is 11.8. The zero-order chi connectivity index (χ0) is 11.3. The number of nitrogens with one attached hydrogen (secondary N) is 1. The second-order valence-corrected chi connectivity index (χ2v) is 4.27. The average molecular weight is 243 g/mol. The monoisotopic (exact) mass is 243 g/mol. The summed E-state index contributed by atoms with van der Waals surface area (Å²) in [7, 11) is 0. The van der Waals surface area contributed by atoms with E-state index in [1.807, 2.05) is 0 Å². The van der Waals surface area contributed by atoms with Gasteiger partial charge in [-0.2, -0.15) is 0 Å². The molecule has 4 nitrogen and oxygen atoms in total. The molecule has 80 valence electrons. The van der Waals surface area contributed by atoms with Gasteiger partial charge in [0.15, 0.2) is 11.5 Å². The molecule has 15 heavy (non-hydrogen) atoms. The van der Waals surface area contributed by atoms with Crippen LogP contribution in [0.5, 0.6) is 11.5 Å². The van der Waals surface area contributed by atoms with Crippen LogP contribution in [-0.2, 0) is 4.79 Å². The van der Waals surface area contributed by atoms with E-state index in [9.17, 15) is 4.79 Å². The van der Waals surface area contributed by atoms with E-state index >= 15 is 0 Å². The lowest BCUT2D eigenvalue weighted by Gasteiger charge is -1.91. The first-order valence-corrected chi connectivity index (χ1v) is 5.42. The number of thioether (sulfide) groups is 1. The Hall–Kier alpha value is -1.27. The smallest absolute Gasteiger partial charge is 0.235 e. The van der Waals surface area contributed by atoms with Gasteiger partial charge in [-0.15, -0.1) is 0 Å². The van der Waals surface area contributed by atoms with Crippen molar-refractivity contribution in [1.82, 2.24) is 5.32 Å². The van der Waals surface area contributed by atoms with Crippen LogP contribution in [0.25, 0.3) is 0 Å². The topological polar surface area (TPSA) is 69.6 Å². The van der Waals surface area contributed by atoms with Crippen LogP contribution < -0.4 is 5.32 Å². The molecule has 0 atom stereocenters. The predicted molar refractivity (Wildman–Crippen MR) is 63.0 cm³/mol. The summed E-state index contributed by atoms with van der Waals surface area (Å²) in [6.45, 7) is 0. The molecule has 0 bridgehead atoms. The highest BCUT2D eigenvalue weighted by Gasteiger charge is 2.13. The molecule has 0 saturated carbocycles. The van der Waals surface area contributed by atoms with Crippen LogP contribution in [-0.4, -0.2) is 26.2 Å². The Kier molecular flexibility index (Phi) is 4.38. The van der Waals surface area contributed by atoms with Gasteiger partial charge in [0.25, 0.3) is 0 Å². The largest absolute Gasteiger partial charge is 0.504 e. The Morgan fingerprint density at radius 2 is 1.80 bits per heavy atom. The third-order valence-corrected chi connectivity index (χ3v) is 2.68. The van der Waals surface area contributed by atoms with E-state index in [-0.39, 0.29) is 17.4 Å². The van der Waals surface area contributed by atoms with Crippen molar-refractivity contribution in [1.29, 1.82) is 0 Å². The molecule has 0 spiro atoms. The fourth-order valence-corrected chi connectivity index (χ4v) is 1.59. The van der Waals surface area contributed by atoms with Crippen LogP contribution >= 0.6 is 24.0 Å². The third-order valence-electron chi connectivity index (χ3n) is 1.46. The summed E-state index contributed by atoms with van der Waals surface area (Å²) in [6, 6.07) is 6.15. The summed E-state index contributed by atoms with van der Waals surface area (Å²) in [5.41, 5.74) is 0. The van der Waals surface area contributed by atoms with Crippen molar-refractivity contribution < 1.29 is 15.0 Å². The summed E-state index contributed by atoms with van der Waals surface area (Å²) in [5, 5.41) is 19.8. The molecule has 1 amide bonds. The van der Waals surface area contributed by atoms with E-state index in [4.69, 9.17) is 10.2 Å². The number of thiocarbonyl (C=S) groups is 1. The lowest BCUT2D eigenvalue weighted by molar-refractivity contribution is -0.116. The fourth-order valence-electron chi connectivity index (χ4n) is 0.781. The van der Waals surface area contributed by atoms with Crippen LogP contribution in [0, 0.1) is 0 Å². The average Bonchev–Trinajstić information content (AvgIpc) is 2.56. The van der Waals surface area contributed by atoms with Crippen LogP contribution in [0.2, 0.25) is 0 Å². The van der Waals surface area contributed by atoms with Gasteiger partial charge in [0.05, 0.1) is 5.75 Å². The second kappa shape index (κ2) is 5.57. The van der Waals surface area contributed by atoms with E-state index in [1.165, 1.54) is 23.9 Å². The zero-order valence-electron chi connectivity index (χ0n) is 7.64. The van der Waals surface area contributed by atoms with Crippen LogP contribution in [0.3, 0.4) is 0 Å². The van der Waals surface area contributed by atoms with Gasteiger partial charge in [0, 0.05) is 0 Å². The SMILES string of the molecule is O=C1CSC(=S)N1.Oc1ccccc1O. The molecule has 3 N–H and O–H groups in total. The highest BCUT2D eigenvalue weighted by Crippen LogP contribution is 2.21. The number of carbonyl (C=O) groups is 1. The van der Waals surface area contributed by atoms with Gasteiger partial charge >= 0.3 is 0 Å². The van der Waals surface area contributed by atoms with E-state index in [2.05, 4.69) is 17.5 Å². The van der Waals surface area contributed by atoms with E-state index in [1.54, 1.807) is 12.1 Å². The van der Waals surface area contributed by atoms with Gasteiger partial charge in [-0.25, -0.2) is 0 Å². The van der Waals surface area contributed by atoms with E-state index < -0.39 is 0 Å². The highest BCUT2D eigenvalue weighted by atomic mass is 32.2. The Balaban J connectivity index is 0.000000151. The zero-order valence-corrected chi connectivity index (χ0v) is 9.27. The van der Waals surface area contributed by atoms with Crippen LogP contribution in [0.1, 0.15) is 0 Å². The lowest BCUT2D eigenvalue weighted by Crippen LogP contribution is -2.18. The Bertz CT molecular complexity index is 346. The molecule has 0 aromatic heterocycles. The van der Waals surface area contributed by atoms with Gasteiger partial charge in [0.1, 0.15) is 4.32 Å². The molecule has 6 heteroatoms. The summed E-state index contributed by atoms with van der Waals surface area (Å²) >= 11 is 6.00. The van der Waals surface area contributed by atoms with Gasteiger partial charge in [-0.1, -0.05) is 36.1 Å². The maximum absolute atomic E-state index is 10.2. The predicted octanol–water partition coefficient (Wildman–Crippen LogP) is 1.23. The van der Waals surface area contributed by atoms with Crippen molar-refractivity contribution in [2.24, 2.45) is 0 Å². The van der Waals surface area contributed by atoms with Crippen LogP contribution in [0.4, 0.5) is 0 Å². The number of benzene rings is 1. The van der Waals surface area contributed by atoms with Gasteiger partial charge in [-0.3, -0.25) is 4.79 Å². The molecule has 1 aliphatic rings. The van der Waals surface area contributed by atoms with E-state index in [0.29, 0.717) is 10.1 Å². The molecule has 0 unspecified atom stereocenters. The molecule has 1 saturated heterocycles. The van der Waals surface area contributed by atoms with Gasteiger partial charge in [0.2, 0.25) is 5.91 Å². The van der Waals surface area contributed by atoms with Crippen molar-refractivity contribution in [2.45, 2.75) is 0 Å². The lowest BCUT2D eigenvalue weighted by atomic mass is 10.3. The molecule has 1 aromatic rings. The number of phenolic OH excluding ortho intramolecular Hbond substituents is 2. The number of rotatable bonds is 0. The van der Waals surface area contributed by atoms with Crippen molar-refractivity contribution >= 4 is 34.2 Å². The molecule has 1 aromatic carbocycles. The Morgan fingerprint density at radius 3 is 2.00 bits per heavy atom. The first-order chi connectivity index (χ1) is 7.09. The van der Waals surface area contributed by atoms with Crippen molar-refractivity contribution in [2.75, 3.05) is 5.75 Å². The van der Waals surface area contributed by atoms with Crippen molar-refractivity contribution in [3.05, 3.63) is 24.3 Å². The number of para-hydroxylation sites is 2. The third kappa shape index (κ3) is 4.18. The first-order valence-electron chi connectivity index (χ1n) is 4.03. The van der Waals surface area contributed by atoms with Crippen molar-refractivity contribution in [3.63, 3.8) is 0 Å². The molecular formula is C9H9NO3S2. The molecule has 0 aliphatic carbocycles. The number of aromatic hydroxyl groups is 2. The molecule has 2 rings (SSSR count). The standard InChI is InChI=1S/C6H6O2.C3H3NOS2/c7-5-3-1-2-4-6(5)8;5-2-1-7-3(6)4-2/h1-4,7-8H;1H2,(H,4,5,6). The van der Waals surface area contributed by atoms with Gasteiger partial charge < -0.3 is 15.5 Å². The second-order valence-electron chi connectivity index (χ2n) is 2.61. The Labute approximate surface area is 96.3 Å². The van der Waals surface area contributed by atoms with Crippen molar-refractivity contribution in [3.8, 4) is 11.5 Å². The molecule has 1 heterocycles. The highest BCUT2D eigenvalue weighted by molar-refractivity contribution is 8.24. The minimum absolute atomic E-state index is 0.0231. The summed E-state index contributed by atoms with van der Waals surface area (Å²) in [6.07, 6.45) is 0. The Morgan fingerprint density at radius 1 is 1.27 bits per heavy atom. The number of hydrogen-bond donors (Lipinski definition) is 3. The molecule has 1 fully saturated rings. The van der Waals surface area contributed by atoms with Crippen LogP contribution in [0.15, 0.2) is 24.3 Å². The molecule has 0 radical (unpaired) electrons. The summed E-state index contributed by atoms with van der Waals surface area (Å²) < 4.78 is 0.602. The number of hydrogen-bond acceptors (Lipinski definition) is 5. The number of amides is 1. The number of phenols is 2. The summed E-state index contributed by atoms with van der Waals surface area (Å²) in [5.74, 6) is 0.369.